The normalized spacial score (nSPS) is 17.1. The third-order valence-corrected chi connectivity index (χ3v) is 2.15. The second kappa shape index (κ2) is 4.76. The van der Waals surface area contributed by atoms with Gasteiger partial charge in [0.2, 0.25) is 11.8 Å². The minimum atomic E-state index is -0.609. The summed E-state index contributed by atoms with van der Waals surface area (Å²) >= 11 is 0. The number of nitrogens with two attached hydrogens (primary N) is 2. The Balaban J connectivity index is 2.32. The van der Waals surface area contributed by atoms with Crippen molar-refractivity contribution >= 4 is 11.8 Å². The van der Waals surface area contributed by atoms with E-state index in [4.69, 9.17) is 11.5 Å². The Labute approximate surface area is 82.7 Å². The molecule has 0 saturated carbocycles. The maximum atomic E-state index is 11.6. The molecular weight excluding hydrogens is 182 g/mol. The van der Waals surface area contributed by atoms with E-state index in [2.05, 4.69) is 0 Å². The Hall–Kier alpha value is -1.36. The molecule has 0 aliphatic carbocycles. The fraction of sp³-hybridized carbons (Fsp3) is 0.556. The smallest absolute Gasteiger partial charge is 0.240 e. The highest BCUT2D eigenvalue weighted by Gasteiger charge is 2.21. The van der Waals surface area contributed by atoms with Gasteiger partial charge in [-0.25, -0.2) is 0 Å². The van der Waals surface area contributed by atoms with Crippen molar-refractivity contribution in [3.05, 3.63) is 12.2 Å². The topological polar surface area (TPSA) is 89.4 Å². The van der Waals surface area contributed by atoms with Crippen LogP contribution in [0.2, 0.25) is 0 Å². The highest BCUT2D eigenvalue weighted by atomic mass is 16.2. The van der Waals surface area contributed by atoms with Gasteiger partial charge in [0.25, 0.3) is 0 Å². The van der Waals surface area contributed by atoms with Crippen LogP contribution in [0, 0.1) is 0 Å². The molecule has 1 aliphatic rings. The van der Waals surface area contributed by atoms with Gasteiger partial charge in [-0.2, -0.15) is 0 Å². The average Bonchev–Trinajstić information content (AvgIpc) is 2.65. The zero-order valence-electron chi connectivity index (χ0n) is 7.98. The van der Waals surface area contributed by atoms with Crippen molar-refractivity contribution in [3.8, 4) is 0 Å². The van der Waals surface area contributed by atoms with Crippen LogP contribution in [0.15, 0.2) is 12.2 Å². The second-order valence-electron chi connectivity index (χ2n) is 3.33. The third-order valence-electron chi connectivity index (χ3n) is 2.15. The average molecular weight is 197 g/mol. The van der Waals surface area contributed by atoms with E-state index in [0.717, 1.165) is 0 Å². The van der Waals surface area contributed by atoms with Crippen molar-refractivity contribution in [1.29, 1.82) is 0 Å². The number of amides is 2. The Kier molecular flexibility index (Phi) is 3.64. The molecule has 78 valence electrons. The number of nitrogens with zero attached hydrogens (tertiary/aromatic N) is 1. The lowest BCUT2D eigenvalue weighted by atomic mass is 10.1. The molecule has 1 atom stereocenters. The summed E-state index contributed by atoms with van der Waals surface area (Å²) in [6.07, 6.45) is 4.32. The van der Waals surface area contributed by atoms with Gasteiger partial charge in [-0.05, 0) is 6.42 Å². The summed E-state index contributed by atoms with van der Waals surface area (Å²) in [5, 5.41) is 0. The largest absolute Gasteiger partial charge is 0.370 e. The van der Waals surface area contributed by atoms with E-state index in [-0.39, 0.29) is 12.3 Å². The lowest BCUT2D eigenvalue weighted by Gasteiger charge is -2.19. The van der Waals surface area contributed by atoms with E-state index in [0.29, 0.717) is 19.5 Å². The Bertz CT molecular complexity index is 255. The van der Waals surface area contributed by atoms with Gasteiger partial charge in [-0.1, -0.05) is 12.2 Å². The predicted octanol–water partition coefficient (Wildman–Crippen LogP) is -1.02. The first-order valence-corrected chi connectivity index (χ1v) is 4.59. The highest BCUT2D eigenvalue weighted by Crippen LogP contribution is 2.04. The maximum Gasteiger partial charge on any atom is 0.240 e. The Morgan fingerprint density at radius 1 is 1.36 bits per heavy atom. The molecule has 0 radical (unpaired) electrons. The van der Waals surface area contributed by atoms with Crippen LogP contribution >= 0.6 is 0 Å². The Morgan fingerprint density at radius 2 is 1.93 bits per heavy atom. The molecule has 5 heteroatoms. The minimum absolute atomic E-state index is 0.115. The summed E-state index contributed by atoms with van der Waals surface area (Å²) in [5.74, 6) is -0.538. The second-order valence-corrected chi connectivity index (χ2v) is 3.33. The standard InChI is InChI=1S/C9H15N3O2/c10-7(3-4-8(11)13)9(14)12-5-1-2-6-12/h1-2,7H,3-6,10H2,(H2,11,13)/t7-/m0/s1. The zero-order valence-corrected chi connectivity index (χ0v) is 7.98. The molecule has 0 saturated heterocycles. The van der Waals surface area contributed by atoms with Crippen molar-refractivity contribution in [3.63, 3.8) is 0 Å². The molecular formula is C9H15N3O2. The van der Waals surface area contributed by atoms with Gasteiger partial charge < -0.3 is 16.4 Å². The van der Waals surface area contributed by atoms with E-state index in [1.165, 1.54) is 0 Å². The van der Waals surface area contributed by atoms with Crippen LogP contribution in [0.4, 0.5) is 0 Å². The van der Waals surface area contributed by atoms with Crippen molar-refractivity contribution < 1.29 is 9.59 Å². The summed E-state index contributed by atoms with van der Waals surface area (Å²) < 4.78 is 0. The van der Waals surface area contributed by atoms with E-state index in [1.807, 2.05) is 12.2 Å². The number of carbonyl (C=O) groups excluding carboxylic acids is 2. The van der Waals surface area contributed by atoms with Gasteiger partial charge in [-0.3, -0.25) is 9.59 Å². The number of rotatable bonds is 4. The van der Waals surface area contributed by atoms with Gasteiger partial charge in [0, 0.05) is 19.5 Å². The molecule has 0 fully saturated rings. The lowest BCUT2D eigenvalue weighted by Crippen LogP contribution is -2.43. The number of primary amides is 1. The van der Waals surface area contributed by atoms with Crippen molar-refractivity contribution in [2.24, 2.45) is 11.5 Å². The highest BCUT2D eigenvalue weighted by molar-refractivity contribution is 5.83. The summed E-state index contributed by atoms with van der Waals surface area (Å²) in [5.41, 5.74) is 10.6. The van der Waals surface area contributed by atoms with Crippen molar-refractivity contribution in [2.75, 3.05) is 13.1 Å². The molecule has 0 aromatic carbocycles. The molecule has 4 N–H and O–H groups in total. The van der Waals surface area contributed by atoms with Gasteiger partial charge in [0.15, 0.2) is 0 Å². The molecule has 0 bridgehead atoms. The SMILES string of the molecule is NC(=O)CC[C@H](N)C(=O)N1CC=CC1. The first-order valence-electron chi connectivity index (χ1n) is 4.59. The fourth-order valence-electron chi connectivity index (χ4n) is 1.31. The van der Waals surface area contributed by atoms with Gasteiger partial charge in [0.05, 0.1) is 6.04 Å². The van der Waals surface area contributed by atoms with Crippen LogP contribution in [-0.4, -0.2) is 35.8 Å². The lowest BCUT2D eigenvalue weighted by molar-refractivity contribution is -0.131. The first-order chi connectivity index (χ1) is 6.61. The maximum absolute atomic E-state index is 11.6. The van der Waals surface area contributed by atoms with Crippen LogP contribution in [0.3, 0.4) is 0 Å². The Morgan fingerprint density at radius 3 is 2.43 bits per heavy atom. The summed E-state index contributed by atoms with van der Waals surface area (Å²) in [7, 11) is 0. The van der Waals surface area contributed by atoms with Crippen LogP contribution in [0.5, 0.6) is 0 Å². The van der Waals surface area contributed by atoms with Crippen molar-refractivity contribution in [1.82, 2.24) is 4.90 Å². The van der Waals surface area contributed by atoms with Gasteiger partial charge >= 0.3 is 0 Å². The summed E-state index contributed by atoms with van der Waals surface area (Å²) in [6, 6.07) is -0.609. The molecule has 0 aromatic rings. The van der Waals surface area contributed by atoms with E-state index in [1.54, 1.807) is 4.90 Å². The number of hydrogen-bond donors (Lipinski definition) is 2. The molecule has 1 rings (SSSR count). The van der Waals surface area contributed by atoms with Crippen molar-refractivity contribution in [2.45, 2.75) is 18.9 Å². The van der Waals surface area contributed by atoms with Crippen LogP contribution in [-0.2, 0) is 9.59 Å². The van der Waals surface area contributed by atoms with Gasteiger partial charge in [0.1, 0.15) is 0 Å². The van der Waals surface area contributed by atoms with E-state index in [9.17, 15) is 9.59 Å². The van der Waals surface area contributed by atoms with E-state index >= 15 is 0 Å². The number of hydrogen-bond acceptors (Lipinski definition) is 3. The summed E-state index contributed by atoms with van der Waals surface area (Å²) in [6.45, 7) is 1.23. The zero-order chi connectivity index (χ0) is 10.6. The molecule has 5 nitrogen and oxygen atoms in total. The molecule has 14 heavy (non-hydrogen) atoms. The molecule has 0 aromatic heterocycles. The molecule has 0 unspecified atom stereocenters. The molecule has 2 amide bonds. The quantitative estimate of drug-likeness (QED) is 0.565. The molecule has 0 spiro atoms. The van der Waals surface area contributed by atoms with Crippen LogP contribution < -0.4 is 11.5 Å². The van der Waals surface area contributed by atoms with Crippen LogP contribution in [0.25, 0.3) is 0 Å². The van der Waals surface area contributed by atoms with Gasteiger partial charge in [-0.15, -0.1) is 0 Å². The monoisotopic (exact) mass is 197 g/mol. The fourth-order valence-corrected chi connectivity index (χ4v) is 1.31. The minimum Gasteiger partial charge on any atom is -0.370 e. The third kappa shape index (κ3) is 2.85. The van der Waals surface area contributed by atoms with Crippen LogP contribution in [0.1, 0.15) is 12.8 Å². The molecule has 1 heterocycles. The predicted molar refractivity (Wildman–Crippen MR) is 52.1 cm³/mol. The molecule has 1 aliphatic heterocycles. The summed E-state index contributed by atoms with van der Waals surface area (Å²) in [4.78, 5) is 23.7. The number of carbonyl (C=O) groups is 2. The van der Waals surface area contributed by atoms with E-state index < -0.39 is 11.9 Å². The first kappa shape index (κ1) is 10.7.